The third kappa shape index (κ3) is 2.15. The van der Waals surface area contributed by atoms with E-state index in [-0.39, 0.29) is 11.7 Å². The molecule has 4 heteroatoms. The number of ether oxygens (including phenoxy) is 1. The second kappa shape index (κ2) is 4.40. The number of hydrogen-bond acceptors (Lipinski definition) is 4. The first-order valence-electron chi connectivity index (χ1n) is 5.05. The minimum Gasteiger partial charge on any atom is -0.495 e. The van der Waals surface area contributed by atoms with E-state index >= 15 is 0 Å². The zero-order chi connectivity index (χ0) is 10.7. The second-order valence-corrected chi connectivity index (χ2v) is 3.67. The molecule has 0 saturated carbocycles. The highest BCUT2D eigenvalue weighted by molar-refractivity contribution is 5.98. The molecular formula is C11H14N2O2. The molecule has 0 aliphatic carbocycles. The van der Waals surface area contributed by atoms with Crippen LogP contribution >= 0.6 is 0 Å². The Morgan fingerprint density at radius 3 is 3.13 bits per heavy atom. The molecule has 1 unspecified atom stereocenters. The maximum atomic E-state index is 12.0. The van der Waals surface area contributed by atoms with Crippen LogP contribution in [-0.4, -0.2) is 31.0 Å². The van der Waals surface area contributed by atoms with Crippen molar-refractivity contribution in [1.29, 1.82) is 0 Å². The molecule has 1 saturated heterocycles. The van der Waals surface area contributed by atoms with E-state index in [1.54, 1.807) is 25.6 Å². The van der Waals surface area contributed by atoms with Gasteiger partial charge in [-0.3, -0.25) is 9.78 Å². The first-order valence-corrected chi connectivity index (χ1v) is 5.05. The Bertz CT molecular complexity index is 359. The lowest BCUT2D eigenvalue weighted by Gasteiger charge is -2.07. The fourth-order valence-corrected chi connectivity index (χ4v) is 1.78. The summed E-state index contributed by atoms with van der Waals surface area (Å²) in [6.45, 7) is 1.70. The van der Waals surface area contributed by atoms with Crippen LogP contribution in [-0.2, 0) is 0 Å². The van der Waals surface area contributed by atoms with Crippen molar-refractivity contribution in [3.63, 3.8) is 0 Å². The third-order valence-corrected chi connectivity index (χ3v) is 2.66. The van der Waals surface area contributed by atoms with Crippen molar-refractivity contribution in [1.82, 2.24) is 10.3 Å². The molecule has 80 valence electrons. The van der Waals surface area contributed by atoms with Crippen LogP contribution in [0.5, 0.6) is 5.75 Å². The lowest BCUT2D eigenvalue weighted by atomic mass is 9.98. The number of methoxy groups -OCH3 is 1. The summed E-state index contributed by atoms with van der Waals surface area (Å²) in [4.78, 5) is 16.0. The average Bonchev–Trinajstić information content (AvgIpc) is 2.81. The average molecular weight is 206 g/mol. The van der Waals surface area contributed by atoms with Crippen molar-refractivity contribution in [2.24, 2.45) is 5.92 Å². The first kappa shape index (κ1) is 10.1. The van der Waals surface area contributed by atoms with Crippen LogP contribution in [0.15, 0.2) is 18.5 Å². The Hall–Kier alpha value is -1.42. The number of hydrogen-bond donors (Lipinski definition) is 1. The summed E-state index contributed by atoms with van der Waals surface area (Å²) in [5, 5.41) is 3.18. The fourth-order valence-electron chi connectivity index (χ4n) is 1.78. The molecule has 2 rings (SSSR count). The normalized spacial score (nSPS) is 20.2. The van der Waals surface area contributed by atoms with Crippen LogP contribution in [0.25, 0.3) is 0 Å². The molecule has 0 radical (unpaired) electrons. The van der Waals surface area contributed by atoms with Gasteiger partial charge in [0.15, 0.2) is 5.78 Å². The Morgan fingerprint density at radius 2 is 2.47 bits per heavy atom. The van der Waals surface area contributed by atoms with Gasteiger partial charge in [0.1, 0.15) is 5.75 Å². The van der Waals surface area contributed by atoms with Crippen molar-refractivity contribution >= 4 is 5.78 Å². The quantitative estimate of drug-likeness (QED) is 0.746. The van der Waals surface area contributed by atoms with Crippen molar-refractivity contribution in [3.05, 3.63) is 24.0 Å². The lowest BCUT2D eigenvalue weighted by Crippen LogP contribution is -2.18. The molecule has 2 heterocycles. The number of nitrogens with one attached hydrogen (secondary N) is 1. The highest BCUT2D eigenvalue weighted by Crippen LogP contribution is 2.17. The van der Waals surface area contributed by atoms with Crippen LogP contribution in [0.1, 0.15) is 16.8 Å². The van der Waals surface area contributed by atoms with Crippen molar-refractivity contribution in [2.75, 3.05) is 20.2 Å². The van der Waals surface area contributed by atoms with Gasteiger partial charge in [0, 0.05) is 24.2 Å². The molecule has 1 fully saturated rings. The first-order chi connectivity index (χ1) is 7.31. The molecular weight excluding hydrogens is 192 g/mol. The zero-order valence-corrected chi connectivity index (χ0v) is 8.69. The molecule has 1 aliphatic heterocycles. The molecule has 0 amide bonds. The minimum absolute atomic E-state index is 0.0962. The number of Topliss-reactive ketones (excluding diaryl/α,β-unsaturated/α-hetero) is 1. The Morgan fingerprint density at radius 1 is 1.60 bits per heavy atom. The molecule has 1 aromatic rings. The summed E-state index contributed by atoms with van der Waals surface area (Å²) >= 11 is 0. The molecule has 1 N–H and O–H groups in total. The minimum atomic E-state index is 0.0962. The van der Waals surface area contributed by atoms with E-state index in [0.29, 0.717) is 11.3 Å². The van der Waals surface area contributed by atoms with E-state index in [2.05, 4.69) is 10.3 Å². The molecule has 1 aromatic heterocycles. The SMILES string of the molecule is COc1cncc(C(=O)C2CCNC2)c1. The predicted octanol–water partition coefficient (Wildman–Crippen LogP) is 0.882. The molecule has 4 nitrogen and oxygen atoms in total. The smallest absolute Gasteiger partial charge is 0.168 e. The molecule has 0 spiro atoms. The van der Waals surface area contributed by atoms with Gasteiger partial charge >= 0.3 is 0 Å². The second-order valence-electron chi connectivity index (χ2n) is 3.67. The van der Waals surface area contributed by atoms with Gasteiger partial charge in [-0.15, -0.1) is 0 Å². The highest BCUT2D eigenvalue weighted by Gasteiger charge is 2.23. The van der Waals surface area contributed by atoms with Gasteiger partial charge in [0.05, 0.1) is 13.3 Å². The van der Waals surface area contributed by atoms with Gasteiger partial charge < -0.3 is 10.1 Å². The number of nitrogens with zero attached hydrogens (tertiary/aromatic N) is 1. The number of pyridine rings is 1. The number of carbonyl (C=O) groups excluding carboxylic acids is 1. The molecule has 0 aromatic carbocycles. The van der Waals surface area contributed by atoms with E-state index in [1.807, 2.05) is 0 Å². The summed E-state index contributed by atoms with van der Waals surface area (Å²) in [7, 11) is 1.57. The fraction of sp³-hybridized carbons (Fsp3) is 0.455. The predicted molar refractivity (Wildman–Crippen MR) is 56.1 cm³/mol. The van der Waals surface area contributed by atoms with Crippen molar-refractivity contribution < 1.29 is 9.53 Å². The van der Waals surface area contributed by atoms with Crippen LogP contribution in [0.3, 0.4) is 0 Å². The van der Waals surface area contributed by atoms with Gasteiger partial charge in [0.25, 0.3) is 0 Å². The zero-order valence-electron chi connectivity index (χ0n) is 8.69. The maximum Gasteiger partial charge on any atom is 0.168 e. The standard InChI is InChI=1S/C11H14N2O2/c1-15-10-4-9(6-13-7-10)11(14)8-2-3-12-5-8/h4,6-8,12H,2-3,5H2,1H3. The number of ketones is 1. The maximum absolute atomic E-state index is 12.0. The van der Waals surface area contributed by atoms with E-state index in [1.165, 1.54) is 0 Å². The number of carbonyl (C=O) groups is 1. The summed E-state index contributed by atoms with van der Waals surface area (Å²) in [5.74, 6) is 0.886. The highest BCUT2D eigenvalue weighted by atomic mass is 16.5. The number of rotatable bonds is 3. The van der Waals surface area contributed by atoms with Gasteiger partial charge in [-0.1, -0.05) is 0 Å². The third-order valence-electron chi connectivity index (χ3n) is 2.66. The summed E-state index contributed by atoms with van der Waals surface area (Å²) in [6, 6.07) is 1.74. The summed E-state index contributed by atoms with van der Waals surface area (Å²) in [5.41, 5.74) is 0.642. The Kier molecular flexibility index (Phi) is 2.97. The Balaban J connectivity index is 2.17. The van der Waals surface area contributed by atoms with Gasteiger partial charge in [-0.05, 0) is 19.0 Å². The molecule has 0 bridgehead atoms. The molecule has 1 aliphatic rings. The van der Waals surface area contributed by atoms with E-state index in [4.69, 9.17) is 4.74 Å². The Labute approximate surface area is 88.7 Å². The topological polar surface area (TPSA) is 51.2 Å². The van der Waals surface area contributed by atoms with Crippen LogP contribution in [0.2, 0.25) is 0 Å². The van der Waals surface area contributed by atoms with Gasteiger partial charge in [0.2, 0.25) is 0 Å². The van der Waals surface area contributed by atoms with Crippen LogP contribution in [0, 0.1) is 5.92 Å². The van der Waals surface area contributed by atoms with E-state index in [0.717, 1.165) is 19.5 Å². The lowest BCUT2D eigenvalue weighted by molar-refractivity contribution is 0.0929. The number of aromatic nitrogens is 1. The van der Waals surface area contributed by atoms with Crippen molar-refractivity contribution in [3.8, 4) is 5.75 Å². The summed E-state index contributed by atoms with van der Waals surface area (Å²) < 4.78 is 5.04. The van der Waals surface area contributed by atoms with Crippen LogP contribution in [0.4, 0.5) is 0 Å². The monoisotopic (exact) mass is 206 g/mol. The van der Waals surface area contributed by atoms with Gasteiger partial charge in [-0.2, -0.15) is 0 Å². The molecule has 15 heavy (non-hydrogen) atoms. The van der Waals surface area contributed by atoms with Crippen LogP contribution < -0.4 is 10.1 Å². The van der Waals surface area contributed by atoms with E-state index < -0.39 is 0 Å². The molecule has 1 atom stereocenters. The summed E-state index contributed by atoms with van der Waals surface area (Å²) in [6.07, 6.45) is 4.11. The van der Waals surface area contributed by atoms with Gasteiger partial charge in [-0.25, -0.2) is 0 Å². The largest absolute Gasteiger partial charge is 0.495 e. The van der Waals surface area contributed by atoms with E-state index in [9.17, 15) is 4.79 Å². The van der Waals surface area contributed by atoms with Crippen molar-refractivity contribution in [2.45, 2.75) is 6.42 Å².